The maximum absolute atomic E-state index is 12.8. The van der Waals surface area contributed by atoms with Gasteiger partial charge in [-0.2, -0.15) is 0 Å². The SMILES string of the molecule is CC1CCCC(C)N1C(=O)Cc1ccc(N2C(=O)c3ccccc3C2=O)cc1. The third-order valence-electron chi connectivity index (χ3n) is 5.83. The summed E-state index contributed by atoms with van der Waals surface area (Å²) >= 11 is 0. The van der Waals surface area contributed by atoms with Crippen LogP contribution in [0.4, 0.5) is 5.69 Å². The highest BCUT2D eigenvalue weighted by Crippen LogP contribution is 2.29. The Kier molecular flexibility index (Phi) is 4.75. The third-order valence-corrected chi connectivity index (χ3v) is 5.83. The van der Waals surface area contributed by atoms with E-state index >= 15 is 0 Å². The van der Waals surface area contributed by atoms with Crippen LogP contribution in [0, 0.1) is 0 Å². The lowest BCUT2D eigenvalue weighted by Crippen LogP contribution is -2.48. The molecule has 2 heterocycles. The zero-order valence-electron chi connectivity index (χ0n) is 16.2. The molecule has 144 valence electrons. The van der Waals surface area contributed by atoms with Crippen molar-refractivity contribution in [1.29, 1.82) is 0 Å². The van der Waals surface area contributed by atoms with Crippen LogP contribution in [0.5, 0.6) is 0 Å². The van der Waals surface area contributed by atoms with Gasteiger partial charge in [-0.25, -0.2) is 4.90 Å². The number of benzene rings is 2. The van der Waals surface area contributed by atoms with Gasteiger partial charge in [0.1, 0.15) is 0 Å². The molecule has 0 aromatic heterocycles. The summed E-state index contributed by atoms with van der Waals surface area (Å²) in [6, 6.07) is 14.5. The van der Waals surface area contributed by atoms with E-state index < -0.39 is 0 Å². The van der Waals surface area contributed by atoms with Crippen LogP contribution in [0.15, 0.2) is 48.5 Å². The van der Waals surface area contributed by atoms with Crippen molar-refractivity contribution in [1.82, 2.24) is 4.90 Å². The first-order chi connectivity index (χ1) is 13.5. The highest BCUT2D eigenvalue weighted by molar-refractivity contribution is 6.34. The molecule has 1 saturated heterocycles. The molecule has 0 saturated carbocycles. The number of fused-ring (bicyclic) bond motifs is 1. The Balaban J connectivity index is 1.50. The molecule has 0 radical (unpaired) electrons. The van der Waals surface area contributed by atoms with Crippen LogP contribution >= 0.6 is 0 Å². The number of likely N-dealkylation sites (tertiary alicyclic amines) is 1. The maximum atomic E-state index is 12.8. The average molecular weight is 376 g/mol. The average Bonchev–Trinajstić information content (AvgIpc) is 2.93. The number of amides is 3. The van der Waals surface area contributed by atoms with Gasteiger partial charge in [0.25, 0.3) is 11.8 Å². The van der Waals surface area contributed by atoms with Gasteiger partial charge >= 0.3 is 0 Å². The summed E-state index contributed by atoms with van der Waals surface area (Å²) in [7, 11) is 0. The smallest absolute Gasteiger partial charge is 0.266 e. The second kappa shape index (κ2) is 7.23. The number of anilines is 1. The number of nitrogens with zero attached hydrogens (tertiary/aromatic N) is 2. The third kappa shape index (κ3) is 3.11. The molecule has 5 nitrogen and oxygen atoms in total. The number of hydrogen-bond donors (Lipinski definition) is 0. The molecule has 0 aliphatic carbocycles. The molecule has 2 aromatic rings. The van der Waals surface area contributed by atoms with E-state index in [4.69, 9.17) is 0 Å². The van der Waals surface area contributed by atoms with Gasteiger partial charge in [0, 0.05) is 12.1 Å². The van der Waals surface area contributed by atoms with Gasteiger partial charge in [0.05, 0.1) is 23.2 Å². The Hall–Kier alpha value is -2.95. The Morgan fingerprint density at radius 3 is 1.96 bits per heavy atom. The molecule has 5 heteroatoms. The van der Waals surface area contributed by atoms with Crippen LogP contribution < -0.4 is 4.90 Å². The minimum atomic E-state index is -0.305. The highest BCUT2D eigenvalue weighted by atomic mass is 16.2. The fraction of sp³-hybridized carbons (Fsp3) is 0.348. The minimum Gasteiger partial charge on any atom is -0.337 e. The molecule has 0 spiro atoms. The molecule has 28 heavy (non-hydrogen) atoms. The van der Waals surface area contributed by atoms with Crippen LogP contribution in [-0.4, -0.2) is 34.7 Å². The standard InChI is InChI=1S/C23H24N2O3/c1-15-6-5-7-16(2)24(15)21(26)14-17-10-12-18(13-11-17)25-22(27)19-8-3-4-9-20(19)23(25)28/h3-4,8-13,15-16H,5-7,14H2,1-2H3. The molecule has 3 amide bonds. The summed E-state index contributed by atoms with van der Waals surface area (Å²) in [6.07, 6.45) is 3.60. The van der Waals surface area contributed by atoms with Gasteiger partial charge in [-0.05, 0) is 62.9 Å². The summed E-state index contributed by atoms with van der Waals surface area (Å²) in [4.78, 5) is 41.2. The molecule has 4 rings (SSSR count). The molecule has 2 aliphatic rings. The maximum Gasteiger partial charge on any atom is 0.266 e. The molecule has 0 bridgehead atoms. The molecular weight excluding hydrogens is 352 g/mol. The number of carbonyl (C=O) groups excluding carboxylic acids is 3. The van der Waals surface area contributed by atoms with Crippen LogP contribution in [-0.2, 0) is 11.2 Å². The first-order valence-corrected chi connectivity index (χ1v) is 9.85. The second-order valence-electron chi connectivity index (χ2n) is 7.76. The van der Waals surface area contributed by atoms with Crippen molar-refractivity contribution in [2.45, 2.75) is 51.6 Å². The van der Waals surface area contributed by atoms with E-state index in [9.17, 15) is 14.4 Å². The van der Waals surface area contributed by atoms with E-state index in [0.29, 0.717) is 23.2 Å². The van der Waals surface area contributed by atoms with Crippen molar-refractivity contribution >= 4 is 23.4 Å². The Labute approximate surface area is 164 Å². The molecule has 0 N–H and O–H groups in total. The van der Waals surface area contributed by atoms with E-state index in [1.165, 1.54) is 11.3 Å². The summed E-state index contributed by atoms with van der Waals surface area (Å²) in [5.41, 5.74) is 2.28. The van der Waals surface area contributed by atoms with Gasteiger partial charge < -0.3 is 4.90 Å². The molecular formula is C23H24N2O3. The van der Waals surface area contributed by atoms with E-state index in [1.807, 2.05) is 17.0 Å². The lowest BCUT2D eigenvalue weighted by molar-refractivity contribution is -0.136. The topological polar surface area (TPSA) is 57.7 Å². The number of imide groups is 1. The van der Waals surface area contributed by atoms with Crippen LogP contribution in [0.3, 0.4) is 0 Å². The van der Waals surface area contributed by atoms with Gasteiger partial charge in [-0.1, -0.05) is 24.3 Å². The van der Waals surface area contributed by atoms with Gasteiger partial charge in [0.2, 0.25) is 5.91 Å². The molecule has 2 aromatic carbocycles. The van der Waals surface area contributed by atoms with E-state index in [-0.39, 0.29) is 29.8 Å². The first-order valence-electron chi connectivity index (χ1n) is 9.85. The van der Waals surface area contributed by atoms with Crippen LogP contribution in [0.1, 0.15) is 59.4 Å². The summed E-state index contributed by atoms with van der Waals surface area (Å²) in [5.74, 6) is -0.478. The summed E-state index contributed by atoms with van der Waals surface area (Å²) in [6.45, 7) is 4.22. The van der Waals surface area contributed by atoms with E-state index in [2.05, 4.69) is 13.8 Å². The molecule has 1 fully saturated rings. The largest absolute Gasteiger partial charge is 0.337 e. The second-order valence-corrected chi connectivity index (χ2v) is 7.76. The lowest BCUT2D eigenvalue weighted by Gasteiger charge is -2.39. The summed E-state index contributed by atoms with van der Waals surface area (Å²) < 4.78 is 0. The number of carbonyl (C=O) groups is 3. The van der Waals surface area contributed by atoms with Crippen molar-refractivity contribution < 1.29 is 14.4 Å². The predicted octanol–water partition coefficient (Wildman–Crippen LogP) is 3.82. The minimum absolute atomic E-state index is 0.133. The fourth-order valence-corrected chi connectivity index (χ4v) is 4.37. The quantitative estimate of drug-likeness (QED) is 0.765. The molecule has 2 aliphatic heterocycles. The zero-order valence-corrected chi connectivity index (χ0v) is 16.2. The Morgan fingerprint density at radius 2 is 1.43 bits per heavy atom. The van der Waals surface area contributed by atoms with Gasteiger partial charge in [-0.3, -0.25) is 14.4 Å². The monoisotopic (exact) mass is 376 g/mol. The van der Waals surface area contributed by atoms with Gasteiger partial charge in [0.15, 0.2) is 0 Å². The molecule has 2 atom stereocenters. The zero-order chi connectivity index (χ0) is 19.8. The van der Waals surface area contributed by atoms with E-state index in [0.717, 1.165) is 18.4 Å². The Bertz CT molecular complexity index is 890. The Morgan fingerprint density at radius 1 is 0.893 bits per heavy atom. The number of hydrogen-bond acceptors (Lipinski definition) is 3. The summed E-state index contributed by atoms with van der Waals surface area (Å²) in [5, 5.41) is 0. The van der Waals surface area contributed by atoms with Crippen molar-refractivity contribution in [3.05, 3.63) is 65.2 Å². The van der Waals surface area contributed by atoms with Crippen LogP contribution in [0.2, 0.25) is 0 Å². The van der Waals surface area contributed by atoms with E-state index in [1.54, 1.807) is 36.4 Å². The number of rotatable bonds is 3. The van der Waals surface area contributed by atoms with Gasteiger partial charge in [-0.15, -0.1) is 0 Å². The van der Waals surface area contributed by atoms with Crippen molar-refractivity contribution in [3.8, 4) is 0 Å². The highest BCUT2D eigenvalue weighted by Gasteiger charge is 2.36. The normalized spacial score (nSPS) is 21.8. The number of piperidine rings is 1. The first kappa shape index (κ1) is 18.4. The van der Waals surface area contributed by atoms with Crippen molar-refractivity contribution in [2.24, 2.45) is 0 Å². The van der Waals surface area contributed by atoms with Crippen LogP contribution in [0.25, 0.3) is 0 Å². The van der Waals surface area contributed by atoms with Crippen molar-refractivity contribution in [3.63, 3.8) is 0 Å². The predicted molar refractivity (Wildman–Crippen MR) is 107 cm³/mol. The fourth-order valence-electron chi connectivity index (χ4n) is 4.37. The molecule has 2 unspecified atom stereocenters. The lowest BCUT2D eigenvalue weighted by atomic mass is 9.96. The van der Waals surface area contributed by atoms with Crippen molar-refractivity contribution in [2.75, 3.05) is 4.90 Å².